The van der Waals surface area contributed by atoms with Gasteiger partial charge in [0.2, 0.25) is 5.91 Å². The molecule has 0 unspecified atom stereocenters. The molecule has 0 aliphatic carbocycles. The minimum absolute atomic E-state index is 0.0387. The predicted molar refractivity (Wildman–Crippen MR) is 119 cm³/mol. The number of carbonyl (C=O) groups is 1. The summed E-state index contributed by atoms with van der Waals surface area (Å²) in [5.41, 5.74) is 0.809. The molecule has 0 saturated carbocycles. The first-order valence-corrected chi connectivity index (χ1v) is 11.2. The van der Waals surface area contributed by atoms with Crippen LogP contribution in [-0.2, 0) is 9.53 Å². The molecule has 0 bridgehead atoms. The van der Waals surface area contributed by atoms with Crippen molar-refractivity contribution in [3.8, 4) is 11.5 Å². The van der Waals surface area contributed by atoms with Crippen LogP contribution >= 0.6 is 11.6 Å². The van der Waals surface area contributed by atoms with Gasteiger partial charge in [-0.15, -0.1) is 0 Å². The van der Waals surface area contributed by atoms with Crippen molar-refractivity contribution in [2.75, 3.05) is 39.9 Å². The van der Waals surface area contributed by atoms with Crippen molar-refractivity contribution < 1.29 is 19.0 Å². The highest BCUT2D eigenvalue weighted by atomic mass is 35.5. The minimum Gasteiger partial charge on any atom is -0.491 e. The molecule has 1 amide bonds. The predicted octanol–water partition coefficient (Wildman–Crippen LogP) is 3.86. The number of hydrogen-bond acceptors (Lipinski definition) is 5. The summed E-state index contributed by atoms with van der Waals surface area (Å²) in [4.78, 5) is 17.3. The summed E-state index contributed by atoms with van der Waals surface area (Å²) in [6.07, 6.45) is 5.99. The van der Waals surface area contributed by atoms with Gasteiger partial charge in [0, 0.05) is 38.3 Å². The van der Waals surface area contributed by atoms with E-state index in [2.05, 4.69) is 18.7 Å². The third kappa shape index (κ3) is 5.68. The fourth-order valence-corrected chi connectivity index (χ4v) is 4.75. The summed E-state index contributed by atoms with van der Waals surface area (Å²) in [5.74, 6) is 1.13. The van der Waals surface area contributed by atoms with E-state index in [1.165, 1.54) is 0 Å². The Morgan fingerprint density at radius 2 is 2.03 bits per heavy atom. The molecule has 0 aromatic heterocycles. The highest BCUT2D eigenvalue weighted by molar-refractivity contribution is 6.32. The molecule has 0 N–H and O–H groups in total. The number of benzene rings is 1. The Bertz CT molecular complexity index is 760. The van der Waals surface area contributed by atoms with E-state index >= 15 is 0 Å². The molecule has 1 aromatic rings. The second kappa shape index (κ2) is 10.5. The Kier molecular flexibility index (Phi) is 8.03. The SMILES string of the molecule is CCOc1cc(/C=C/C(=O)N2CCC[C@@H]2CN2C[C@H](C)O[C@@H](C)C2)cc(Cl)c1OC. The van der Waals surface area contributed by atoms with E-state index in [0.717, 1.165) is 44.6 Å². The average molecular weight is 437 g/mol. The Balaban J connectivity index is 1.66. The number of ether oxygens (including phenoxy) is 3. The fourth-order valence-electron chi connectivity index (χ4n) is 4.46. The summed E-state index contributed by atoms with van der Waals surface area (Å²) in [5, 5.41) is 0.463. The summed E-state index contributed by atoms with van der Waals surface area (Å²) < 4.78 is 16.8. The molecule has 0 radical (unpaired) electrons. The van der Waals surface area contributed by atoms with Gasteiger partial charge in [-0.3, -0.25) is 9.69 Å². The zero-order valence-electron chi connectivity index (χ0n) is 18.4. The Morgan fingerprint density at radius 1 is 1.30 bits per heavy atom. The maximum absolute atomic E-state index is 12.9. The van der Waals surface area contributed by atoms with Gasteiger partial charge in [0.25, 0.3) is 0 Å². The Morgan fingerprint density at radius 3 is 2.70 bits per heavy atom. The highest BCUT2D eigenvalue weighted by Crippen LogP contribution is 2.36. The molecule has 2 saturated heterocycles. The van der Waals surface area contributed by atoms with Crippen LogP contribution in [0.25, 0.3) is 6.08 Å². The number of carbonyl (C=O) groups excluding carboxylic acids is 1. The maximum atomic E-state index is 12.9. The van der Waals surface area contributed by atoms with Crippen LogP contribution in [0.5, 0.6) is 11.5 Å². The van der Waals surface area contributed by atoms with Crippen molar-refractivity contribution in [1.82, 2.24) is 9.80 Å². The molecule has 3 atom stereocenters. The molecule has 2 aliphatic heterocycles. The zero-order valence-corrected chi connectivity index (χ0v) is 19.2. The van der Waals surface area contributed by atoms with Gasteiger partial charge >= 0.3 is 0 Å². The fraction of sp³-hybridized carbons (Fsp3) is 0.609. The molecule has 30 heavy (non-hydrogen) atoms. The molecular weight excluding hydrogens is 404 g/mol. The summed E-state index contributed by atoms with van der Waals surface area (Å²) in [7, 11) is 1.56. The van der Waals surface area contributed by atoms with E-state index in [1.54, 1.807) is 25.3 Å². The molecule has 2 aliphatic rings. The van der Waals surface area contributed by atoms with Gasteiger partial charge in [-0.25, -0.2) is 0 Å². The van der Waals surface area contributed by atoms with Crippen molar-refractivity contribution in [2.45, 2.75) is 51.9 Å². The summed E-state index contributed by atoms with van der Waals surface area (Å²) in [6.45, 7) is 10.2. The molecule has 3 rings (SSSR count). The lowest BCUT2D eigenvalue weighted by atomic mass is 10.1. The number of halogens is 1. The van der Waals surface area contributed by atoms with Crippen molar-refractivity contribution >= 4 is 23.6 Å². The van der Waals surface area contributed by atoms with Gasteiger partial charge in [-0.05, 0) is 57.4 Å². The van der Waals surface area contributed by atoms with Crippen LogP contribution in [0, 0.1) is 0 Å². The topological polar surface area (TPSA) is 51.2 Å². The number of amides is 1. The number of likely N-dealkylation sites (tertiary alicyclic amines) is 1. The van der Waals surface area contributed by atoms with Gasteiger partial charge < -0.3 is 19.1 Å². The lowest BCUT2D eigenvalue weighted by molar-refractivity contribution is -0.127. The molecular formula is C23H33ClN2O4. The minimum atomic E-state index is 0.0387. The normalized spacial score (nSPS) is 25.1. The molecule has 6 nitrogen and oxygen atoms in total. The van der Waals surface area contributed by atoms with E-state index in [-0.39, 0.29) is 24.2 Å². The summed E-state index contributed by atoms with van der Waals surface area (Å²) >= 11 is 6.32. The second-order valence-corrected chi connectivity index (χ2v) is 8.51. The van der Waals surface area contributed by atoms with Crippen LogP contribution in [0.1, 0.15) is 39.2 Å². The molecule has 0 spiro atoms. The second-order valence-electron chi connectivity index (χ2n) is 8.10. The van der Waals surface area contributed by atoms with Crippen LogP contribution in [0.4, 0.5) is 0 Å². The van der Waals surface area contributed by atoms with Crippen LogP contribution in [-0.4, -0.2) is 73.9 Å². The van der Waals surface area contributed by atoms with Crippen molar-refractivity contribution in [3.63, 3.8) is 0 Å². The first kappa shape index (κ1) is 22.9. The lowest BCUT2D eigenvalue weighted by Gasteiger charge is -2.38. The van der Waals surface area contributed by atoms with Gasteiger partial charge in [-0.1, -0.05) is 11.6 Å². The van der Waals surface area contributed by atoms with E-state index in [1.807, 2.05) is 17.9 Å². The monoisotopic (exact) mass is 436 g/mol. The average Bonchev–Trinajstić information content (AvgIpc) is 3.13. The van der Waals surface area contributed by atoms with Gasteiger partial charge in [-0.2, -0.15) is 0 Å². The molecule has 2 fully saturated rings. The third-order valence-corrected chi connectivity index (χ3v) is 5.86. The van der Waals surface area contributed by atoms with Crippen LogP contribution < -0.4 is 9.47 Å². The van der Waals surface area contributed by atoms with E-state index in [9.17, 15) is 4.79 Å². The molecule has 7 heteroatoms. The zero-order chi connectivity index (χ0) is 21.7. The number of nitrogens with zero attached hydrogens (tertiary/aromatic N) is 2. The summed E-state index contributed by atoms with van der Waals surface area (Å²) in [6, 6.07) is 3.87. The van der Waals surface area contributed by atoms with E-state index in [4.69, 9.17) is 25.8 Å². The smallest absolute Gasteiger partial charge is 0.246 e. The molecule has 2 heterocycles. The Hall–Kier alpha value is -1.76. The standard InChI is InChI=1S/C23H33ClN2O4/c1-5-29-21-12-18(11-20(24)23(21)28-4)8-9-22(27)26-10-6-7-19(26)15-25-13-16(2)30-17(3)14-25/h8-9,11-12,16-17,19H,5-7,10,13-15H2,1-4H3/b9-8+/t16-,17-,19+/m0/s1. The quantitative estimate of drug-likeness (QED) is 0.607. The number of morpholine rings is 1. The van der Waals surface area contributed by atoms with Crippen molar-refractivity contribution in [2.24, 2.45) is 0 Å². The first-order valence-electron chi connectivity index (χ1n) is 10.8. The van der Waals surface area contributed by atoms with Crippen LogP contribution in [0.3, 0.4) is 0 Å². The van der Waals surface area contributed by atoms with Crippen LogP contribution in [0.15, 0.2) is 18.2 Å². The van der Waals surface area contributed by atoms with Gasteiger partial charge in [0.15, 0.2) is 11.5 Å². The number of methoxy groups -OCH3 is 1. The van der Waals surface area contributed by atoms with Gasteiger partial charge in [0.05, 0.1) is 30.9 Å². The maximum Gasteiger partial charge on any atom is 0.246 e. The number of rotatable bonds is 7. The highest BCUT2D eigenvalue weighted by Gasteiger charge is 2.31. The van der Waals surface area contributed by atoms with Gasteiger partial charge in [0.1, 0.15) is 0 Å². The number of hydrogen-bond donors (Lipinski definition) is 0. The van der Waals surface area contributed by atoms with E-state index in [0.29, 0.717) is 23.1 Å². The van der Waals surface area contributed by atoms with Crippen molar-refractivity contribution in [1.29, 1.82) is 0 Å². The molecule has 1 aromatic carbocycles. The van der Waals surface area contributed by atoms with Crippen LogP contribution in [0.2, 0.25) is 5.02 Å². The largest absolute Gasteiger partial charge is 0.491 e. The van der Waals surface area contributed by atoms with Crippen molar-refractivity contribution in [3.05, 3.63) is 28.8 Å². The van der Waals surface area contributed by atoms with E-state index < -0.39 is 0 Å². The first-order chi connectivity index (χ1) is 14.4. The molecule has 166 valence electrons. The Labute approximate surface area is 184 Å². The lowest BCUT2D eigenvalue weighted by Crippen LogP contribution is -2.50. The third-order valence-electron chi connectivity index (χ3n) is 5.58.